The highest BCUT2D eigenvalue weighted by Crippen LogP contribution is 2.39. The van der Waals surface area contributed by atoms with Crippen molar-refractivity contribution >= 4 is 29.7 Å². The molecule has 2 rings (SSSR count). The monoisotopic (exact) mass is 373 g/mol. The number of rotatable bonds is 11. The van der Waals surface area contributed by atoms with E-state index in [1.54, 1.807) is 11.8 Å². The number of nitrogens with one attached hydrogen (secondary N) is 1. The smallest absolute Gasteiger partial charge is 0.326 e. The number of hydrogen-bond acceptors (Lipinski definition) is 5. The molecule has 142 valence electrons. The molecular weight excluding hydrogens is 346 g/mol. The summed E-state index contributed by atoms with van der Waals surface area (Å²) in [6, 6.07) is -1.30. The van der Waals surface area contributed by atoms with E-state index in [1.165, 1.54) is 4.90 Å². The Labute approximate surface area is 151 Å². The second kappa shape index (κ2) is 9.28. The number of unbranched alkanes of at least 4 members (excludes halogenated alkanes) is 2. The van der Waals surface area contributed by atoms with Crippen LogP contribution >= 0.6 is 11.8 Å². The summed E-state index contributed by atoms with van der Waals surface area (Å²) in [7, 11) is 0. The molecule has 2 heterocycles. The molecule has 4 atom stereocenters. The van der Waals surface area contributed by atoms with Crippen molar-refractivity contribution in [2.75, 3.05) is 12.3 Å². The zero-order valence-corrected chi connectivity index (χ0v) is 15.0. The Hall–Kier alpha value is -1.48. The van der Waals surface area contributed by atoms with E-state index in [4.69, 9.17) is 10.8 Å². The van der Waals surface area contributed by atoms with Gasteiger partial charge in [0.2, 0.25) is 0 Å². The van der Waals surface area contributed by atoms with Gasteiger partial charge in [0, 0.05) is 17.4 Å². The first-order valence-electron chi connectivity index (χ1n) is 8.80. The number of carboxylic acids is 2. The molecule has 0 aliphatic carbocycles. The van der Waals surface area contributed by atoms with Crippen LogP contribution in [0.25, 0.3) is 0 Å². The van der Waals surface area contributed by atoms with Gasteiger partial charge in [0.25, 0.3) is 0 Å². The van der Waals surface area contributed by atoms with Crippen molar-refractivity contribution in [3.8, 4) is 0 Å². The van der Waals surface area contributed by atoms with Crippen LogP contribution in [-0.2, 0) is 9.59 Å². The molecule has 2 fully saturated rings. The minimum Gasteiger partial charge on any atom is -0.481 e. The van der Waals surface area contributed by atoms with Crippen LogP contribution in [0.15, 0.2) is 0 Å². The van der Waals surface area contributed by atoms with Crippen LogP contribution in [-0.4, -0.2) is 68.8 Å². The molecule has 2 saturated heterocycles. The molecule has 0 aromatic carbocycles. The van der Waals surface area contributed by atoms with Gasteiger partial charge in [-0.2, -0.15) is 11.8 Å². The Morgan fingerprint density at radius 2 is 2.04 bits per heavy atom. The van der Waals surface area contributed by atoms with Crippen LogP contribution in [0.5, 0.6) is 0 Å². The van der Waals surface area contributed by atoms with Crippen LogP contribution < -0.4 is 11.1 Å². The first kappa shape index (κ1) is 19.8. The number of aliphatic carboxylic acids is 2. The van der Waals surface area contributed by atoms with E-state index in [0.29, 0.717) is 25.8 Å². The number of carboxylic acid groups (broad SMARTS) is 2. The van der Waals surface area contributed by atoms with Gasteiger partial charge >= 0.3 is 18.0 Å². The van der Waals surface area contributed by atoms with Crippen molar-refractivity contribution < 1.29 is 24.6 Å². The van der Waals surface area contributed by atoms with Crippen molar-refractivity contribution in [1.29, 1.82) is 0 Å². The lowest BCUT2D eigenvalue weighted by Crippen LogP contribution is -2.50. The zero-order chi connectivity index (χ0) is 18.4. The first-order valence-corrected chi connectivity index (χ1v) is 9.85. The van der Waals surface area contributed by atoms with Crippen molar-refractivity contribution in [2.24, 2.45) is 5.73 Å². The number of hydrogen-bond donors (Lipinski definition) is 4. The molecular formula is C16H27N3O5S. The Morgan fingerprint density at radius 3 is 2.68 bits per heavy atom. The minimum absolute atomic E-state index is 0.0293. The number of nitrogens with two attached hydrogens (primary N) is 1. The van der Waals surface area contributed by atoms with Gasteiger partial charge in [0.1, 0.15) is 6.04 Å². The number of urea groups is 1. The maximum Gasteiger partial charge on any atom is 0.326 e. The highest BCUT2D eigenvalue weighted by atomic mass is 32.2. The molecule has 25 heavy (non-hydrogen) atoms. The van der Waals surface area contributed by atoms with Gasteiger partial charge in [0.05, 0.1) is 12.1 Å². The van der Waals surface area contributed by atoms with Crippen LogP contribution in [0.2, 0.25) is 0 Å². The highest BCUT2D eigenvalue weighted by Gasteiger charge is 2.51. The summed E-state index contributed by atoms with van der Waals surface area (Å²) in [4.78, 5) is 36.2. The van der Waals surface area contributed by atoms with Crippen molar-refractivity contribution in [3.63, 3.8) is 0 Å². The van der Waals surface area contributed by atoms with Crippen molar-refractivity contribution in [3.05, 3.63) is 0 Å². The molecule has 0 bridgehead atoms. The molecule has 2 aliphatic rings. The molecule has 2 amide bonds. The normalized spacial score (nSPS) is 26.4. The maximum atomic E-state index is 12.4. The largest absolute Gasteiger partial charge is 0.481 e. The summed E-state index contributed by atoms with van der Waals surface area (Å²) >= 11 is 1.74. The second-order valence-electron chi connectivity index (χ2n) is 6.60. The summed E-state index contributed by atoms with van der Waals surface area (Å²) < 4.78 is 0. The average molecular weight is 373 g/mol. The summed E-state index contributed by atoms with van der Waals surface area (Å²) in [5.74, 6) is -1.01. The average Bonchev–Trinajstić information content (AvgIpc) is 3.07. The molecule has 0 radical (unpaired) electrons. The van der Waals surface area contributed by atoms with Gasteiger partial charge in [-0.15, -0.1) is 0 Å². The fraction of sp³-hybridized carbons (Fsp3) is 0.812. The fourth-order valence-electron chi connectivity index (χ4n) is 3.64. The van der Waals surface area contributed by atoms with Gasteiger partial charge < -0.3 is 26.2 Å². The predicted octanol–water partition coefficient (Wildman–Crippen LogP) is 1.09. The Morgan fingerprint density at radius 1 is 1.28 bits per heavy atom. The number of nitrogens with zero attached hydrogens (tertiary/aromatic N) is 1. The first-order chi connectivity index (χ1) is 12.0. The summed E-state index contributed by atoms with van der Waals surface area (Å²) in [6.07, 6.45) is 4.11. The number of thioether (sulfide) groups is 1. The Kier molecular flexibility index (Phi) is 7.37. The third kappa shape index (κ3) is 5.01. The quantitative estimate of drug-likeness (QED) is 0.315. The van der Waals surface area contributed by atoms with Gasteiger partial charge in [-0.3, -0.25) is 4.79 Å². The minimum atomic E-state index is -0.977. The molecule has 0 spiro atoms. The van der Waals surface area contributed by atoms with Crippen LogP contribution in [0.3, 0.4) is 0 Å². The number of fused-ring (bicyclic) bond motifs is 1. The molecule has 9 heteroatoms. The Bertz CT molecular complexity index is 504. The number of carbonyl (C=O) groups excluding carboxylic acids is 1. The lowest BCUT2D eigenvalue weighted by molar-refractivity contribution is -0.143. The lowest BCUT2D eigenvalue weighted by Gasteiger charge is -2.32. The second-order valence-corrected chi connectivity index (χ2v) is 7.88. The van der Waals surface area contributed by atoms with Crippen LogP contribution in [0.1, 0.15) is 44.9 Å². The van der Waals surface area contributed by atoms with Gasteiger partial charge in [-0.25, -0.2) is 9.59 Å². The molecule has 0 aromatic heterocycles. The van der Waals surface area contributed by atoms with E-state index < -0.39 is 18.0 Å². The molecule has 0 aromatic rings. The lowest BCUT2D eigenvalue weighted by atomic mass is 9.99. The van der Waals surface area contributed by atoms with Crippen LogP contribution in [0.4, 0.5) is 4.79 Å². The zero-order valence-electron chi connectivity index (χ0n) is 14.2. The van der Waals surface area contributed by atoms with Gasteiger partial charge in [0.15, 0.2) is 0 Å². The molecule has 1 unspecified atom stereocenters. The SMILES string of the molecule is NCCCCC(C(=O)O)N1C(=O)N[C@@H]2CS[C@H](CCCCC(=O)O)[C@@H]21. The molecule has 2 aliphatic heterocycles. The Balaban J connectivity index is 2.01. The third-order valence-corrected chi connectivity index (χ3v) is 6.32. The van der Waals surface area contributed by atoms with Crippen LogP contribution in [0, 0.1) is 0 Å². The summed E-state index contributed by atoms with van der Waals surface area (Å²) in [5, 5.41) is 21.4. The van der Waals surface area contributed by atoms with Gasteiger partial charge in [-0.05, 0) is 38.6 Å². The fourth-order valence-corrected chi connectivity index (χ4v) is 5.23. The summed E-state index contributed by atoms with van der Waals surface area (Å²) in [6.45, 7) is 0.507. The van der Waals surface area contributed by atoms with E-state index in [0.717, 1.165) is 25.0 Å². The topological polar surface area (TPSA) is 133 Å². The van der Waals surface area contributed by atoms with Gasteiger partial charge in [-0.1, -0.05) is 6.42 Å². The summed E-state index contributed by atoms with van der Waals surface area (Å²) in [5.41, 5.74) is 5.48. The number of carbonyl (C=O) groups is 3. The number of amides is 2. The molecule has 8 nitrogen and oxygen atoms in total. The van der Waals surface area contributed by atoms with Crippen molar-refractivity contribution in [1.82, 2.24) is 10.2 Å². The third-order valence-electron chi connectivity index (χ3n) is 4.83. The molecule has 5 N–H and O–H groups in total. The van der Waals surface area contributed by atoms with Crippen molar-refractivity contribution in [2.45, 2.75) is 68.3 Å². The predicted molar refractivity (Wildman–Crippen MR) is 94.6 cm³/mol. The standard InChI is InChI=1S/C16H27N3O5S/c17-8-4-3-5-11(15(22)23)19-14-10(18-16(19)24)9-25-12(14)6-1-2-7-13(20)21/h10-12,14H,1-9,17H2,(H,18,24)(H,20,21)(H,22,23)/t10-,11?,12-,14-/m1/s1. The van der Waals surface area contributed by atoms with E-state index in [1.807, 2.05) is 0 Å². The molecule has 0 saturated carbocycles. The van der Waals surface area contributed by atoms with E-state index >= 15 is 0 Å². The van der Waals surface area contributed by atoms with E-state index in [2.05, 4.69) is 5.32 Å². The van der Waals surface area contributed by atoms with E-state index in [-0.39, 0.29) is 29.8 Å². The highest BCUT2D eigenvalue weighted by molar-refractivity contribution is 8.00. The maximum absolute atomic E-state index is 12.4. The van der Waals surface area contributed by atoms with E-state index in [9.17, 15) is 19.5 Å².